The number of rotatable bonds is 4. The van der Waals surface area contributed by atoms with Crippen molar-refractivity contribution in [3.05, 3.63) is 54.1 Å². The summed E-state index contributed by atoms with van der Waals surface area (Å²) in [4.78, 5) is 7.36. The number of halogens is 1. The van der Waals surface area contributed by atoms with Gasteiger partial charge in [0.1, 0.15) is 5.65 Å². The van der Waals surface area contributed by atoms with Crippen molar-refractivity contribution in [1.29, 1.82) is 0 Å². The maximum absolute atomic E-state index is 13.3. The number of H-pyrrole nitrogens is 1. The summed E-state index contributed by atoms with van der Waals surface area (Å²) in [5.41, 5.74) is 2.78. The van der Waals surface area contributed by atoms with Gasteiger partial charge in [0.15, 0.2) is 11.6 Å². The minimum atomic E-state index is -0.366. The van der Waals surface area contributed by atoms with Gasteiger partial charge in [0.25, 0.3) is 0 Å². The summed E-state index contributed by atoms with van der Waals surface area (Å²) in [6.07, 6.45) is 3.67. The maximum Gasteiger partial charge on any atom is 0.165 e. The number of aromatic nitrogens is 2. The van der Waals surface area contributed by atoms with E-state index in [0.717, 1.165) is 22.3 Å². The summed E-state index contributed by atoms with van der Waals surface area (Å²) < 4.78 is 18.3. The molecule has 4 nitrogen and oxygen atoms in total. The summed E-state index contributed by atoms with van der Waals surface area (Å²) in [6, 6.07) is 8.63. The third-order valence-electron chi connectivity index (χ3n) is 3.17. The normalized spacial score (nSPS) is 10.7. The van der Waals surface area contributed by atoms with Crippen LogP contribution in [0.25, 0.3) is 11.0 Å². The fourth-order valence-electron chi connectivity index (χ4n) is 2.13. The van der Waals surface area contributed by atoms with Crippen LogP contribution in [0.1, 0.15) is 5.56 Å². The zero-order valence-electron chi connectivity index (χ0n) is 11.0. The van der Waals surface area contributed by atoms with E-state index in [1.54, 1.807) is 18.3 Å². The van der Waals surface area contributed by atoms with Gasteiger partial charge >= 0.3 is 0 Å². The molecular weight excluding hydrogens is 257 g/mol. The van der Waals surface area contributed by atoms with E-state index in [4.69, 9.17) is 4.74 Å². The lowest BCUT2D eigenvalue weighted by Gasteiger charge is -2.08. The molecule has 0 bridgehead atoms. The highest BCUT2D eigenvalue weighted by molar-refractivity contribution is 5.79. The first-order chi connectivity index (χ1) is 9.78. The highest BCUT2D eigenvalue weighted by Crippen LogP contribution is 2.23. The molecule has 0 amide bonds. The Labute approximate surface area is 115 Å². The monoisotopic (exact) mass is 271 g/mol. The minimum Gasteiger partial charge on any atom is -0.494 e. The molecule has 0 saturated heterocycles. The van der Waals surface area contributed by atoms with E-state index in [0.29, 0.717) is 6.54 Å². The van der Waals surface area contributed by atoms with Crippen LogP contribution in [0, 0.1) is 5.82 Å². The first-order valence-electron chi connectivity index (χ1n) is 6.26. The van der Waals surface area contributed by atoms with Gasteiger partial charge in [-0.05, 0) is 29.8 Å². The Morgan fingerprint density at radius 1 is 1.35 bits per heavy atom. The molecule has 0 radical (unpaired) electrons. The van der Waals surface area contributed by atoms with Crippen molar-refractivity contribution < 1.29 is 9.13 Å². The molecule has 0 aliphatic heterocycles. The van der Waals surface area contributed by atoms with Crippen LogP contribution in [0.15, 0.2) is 42.7 Å². The number of ether oxygens (including phenoxy) is 1. The molecule has 2 N–H and O–H groups in total. The first kappa shape index (κ1) is 12.5. The zero-order valence-corrected chi connectivity index (χ0v) is 11.0. The number of anilines is 1. The van der Waals surface area contributed by atoms with Crippen molar-refractivity contribution >= 4 is 16.7 Å². The van der Waals surface area contributed by atoms with Crippen LogP contribution in [0.5, 0.6) is 5.75 Å². The predicted octanol–water partition coefficient (Wildman–Crippen LogP) is 3.32. The molecule has 0 spiro atoms. The van der Waals surface area contributed by atoms with E-state index in [9.17, 15) is 4.39 Å². The van der Waals surface area contributed by atoms with Crippen molar-refractivity contribution in [3.8, 4) is 5.75 Å². The van der Waals surface area contributed by atoms with E-state index >= 15 is 0 Å². The third kappa shape index (κ3) is 2.30. The van der Waals surface area contributed by atoms with E-state index in [1.165, 1.54) is 13.2 Å². The Kier molecular flexibility index (Phi) is 3.25. The Bertz CT molecular complexity index is 739. The zero-order chi connectivity index (χ0) is 13.9. The Morgan fingerprint density at radius 2 is 2.25 bits per heavy atom. The molecule has 3 aromatic rings. The maximum atomic E-state index is 13.3. The second-order valence-corrected chi connectivity index (χ2v) is 4.42. The van der Waals surface area contributed by atoms with Crippen LogP contribution < -0.4 is 10.1 Å². The Morgan fingerprint density at radius 3 is 3.10 bits per heavy atom. The van der Waals surface area contributed by atoms with Gasteiger partial charge in [-0.25, -0.2) is 9.37 Å². The Balaban J connectivity index is 1.79. The van der Waals surface area contributed by atoms with E-state index in [-0.39, 0.29) is 11.6 Å². The molecule has 3 rings (SSSR count). The van der Waals surface area contributed by atoms with Crippen LogP contribution in [-0.4, -0.2) is 17.1 Å². The Hall–Kier alpha value is -2.56. The molecule has 2 heterocycles. The number of aromatic amines is 1. The number of nitrogens with one attached hydrogen (secondary N) is 2. The quantitative estimate of drug-likeness (QED) is 0.765. The van der Waals surface area contributed by atoms with Crippen molar-refractivity contribution in [3.63, 3.8) is 0 Å². The summed E-state index contributed by atoms with van der Waals surface area (Å²) in [5.74, 6) is -0.134. The summed E-state index contributed by atoms with van der Waals surface area (Å²) in [7, 11) is 1.45. The largest absolute Gasteiger partial charge is 0.494 e. The SMILES string of the molecule is COc1cc(NCc2c[nH]c3ncccc23)ccc1F. The van der Waals surface area contributed by atoms with Gasteiger partial charge in [0.2, 0.25) is 0 Å². The van der Waals surface area contributed by atoms with Crippen molar-refractivity contribution in [2.75, 3.05) is 12.4 Å². The average Bonchev–Trinajstić information content (AvgIpc) is 2.90. The molecule has 0 aliphatic carbocycles. The molecule has 0 saturated carbocycles. The number of fused-ring (bicyclic) bond motifs is 1. The first-order valence-corrected chi connectivity index (χ1v) is 6.26. The van der Waals surface area contributed by atoms with Gasteiger partial charge in [0, 0.05) is 36.1 Å². The molecule has 0 fully saturated rings. The highest BCUT2D eigenvalue weighted by atomic mass is 19.1. The molecule has 2 aromatic heterocycles. The van der Waals surface area contributed by atoms with Gasteiger partial charge in [-0.15, -0.1) is 0 Å². The van der Waals surface area contributed by atoms with Crippen LogP contribution in [0.3, 0.4) is 0 Å². The standard InChI is InChI=1S/C15H14FN3O/c1-20-14-7-11(4-5-13(14)16)18-8-10-9-19-15-12(10)3-2-6-17-15/h2-7,9,18H,8H2,1H3,(H,17,19). The van der Waals surface area contributed by atoms with Gasteiger partial charge in [-0.2, -0.15) is 0 Å². The average molecular weight is 271 g/mol. The van der Waals surface area contributed by atoms with Crippen LogP contribution in [-0.2, 0) is 6.54 Å². The number of pyridine rings is 1. The molecule has 102 valence electrons. The fraction of sp³-hybridized carbons (Fsp3) is 0.133. The lowest BCUT2D eigenvalue weighted by atomic mass is 10.2. The predicted molar refractivity (Wildman–Crippen MR) is 76.4 cm³/mol. The van der Waals surface area contributed by atoms with Crippen LogP contribution in [0.2, 0.25) is 0 Å². The molecule has 5 heteroatoms. The summed E-state index contributed by atoms with van der Waals surface area (Å²) in [6.45, 7) is 0.625. The lowest BCUT2D eigenvalue weighted by molar-refractivity contribution is 0.387. The number of hydrogen-bond donors (Lipinski definition) is 2. The van der Waals surface area contributed by atoms with Gasteiger partial charge < -0.3 is 15.0 Å². The second-order valence-electron chi connectivity index (χ2n) is 4.42. The number of methoxy groups -OCH3 is 1. The summed E-state index contributed by atoms with van der Waals surface area (Å²) >= 11 is 0. The molecule has 1 aromatic carbocycles. The highest BCUT2D eigenvalue weighted by Gasteiger charge is 2.06. The van der Waals surface area contributed by atoms with Crippen LogP contribution >= 0.6 is 0 Å². The molecule has 0 atom stereocenters. The molecule has 20 heavy (non-hydrogen) atoms. The lowest BCUT2D eigenvalue weighted by Crippen LogP contribution is -1.99. The van der Waals surface area contributed by atoms with Crippen LogP contribution in [0.4, 0.5) is 10.1 Å². The van der Waals surface area contributed by atoms with Gasteiger partial charge in [-0.1, -0.05) is 0 Å². The minimum absolute atomic E-state index is 0.232. The third-order valence-corrected chi connectivity index (χ3v) is 3.17. The topological polar surface area (TPSA) is 49.9 Å². The smallest absolute Gasteiger partial charge is 0.165 e. The second kappa shape index (κ2) is 5.21. The van der Waals surface area contributed by atoms with E-state index < -0.39 is 0 Å². The van der Waals surface area contributed by atoms with E-state index in [2.05, 4.69) is 15.3 Å². The van der Waals surface area contributed by atoms with Crippen molar-refractivity contribution in [2.45, 2.75) is 6.54 Å². The molecule has 0 aliphatic rings. The van der Waals surface area contributed by atoms with Gasteiger partial charge in [-0.3, -0.25) is 0 Å². The van der Waals surface area contributed by atoms with Crippen molar-refractivity contribution in [1.82, 2.24) is 9.97 Å². The summed E-state index contributed by atoms with van der Waals surface area (Å²) in [5, 5.41) is 4.32. The molecule has 0 unspecified atom stereocenters. The van der Waals surface area contributed by atoms with E-state index in [1.807, 2.05) is 18.3 Å². The number of nitrogens with zero attached hydrogens (tertiary/aromatic N) is 1. The molecular formula is C15H14FN3O. The number of benzene rings is 1. The number of hydrogen-bond acceptors (Lipinski definition) is 3. The fourth-order valence-corrected chi connectivity index (χ4v) is 2.13. The van der Waals surface area contributed by atoms with Crippen molar-refractivity contribution in [2.24, 2.45) is 0 Å². The van der Waals surface area contributed by atoms with Gasteiger partial charge in [0.05, 0.1) is 7.11 Å².